The van der Waals surface area contributed by atoms with Gasteiger partial charge in [0.2, 0.25) is 0 Å². The molecule has 2 aromatic carbocycles. The number of nitrogens with one attached hydrogen (secondary N) is 1. The summed E-state index contributed by atoms with van der Waals surface area (Å²) in [5, 5.41) is 2.63. The van der Waals surface area contributed by atoms with E-state index in [0.717, 1.165) is 11.3 Å². The summed E-state index contributed by atoms with van der Waals surface area (Å²) in [6.07, 6.45) is -4.78. The number of nitrogens with two attached hydrogens (primary N) is 1. The molecule has 0 unspecified atom stereocenters. The lowest BCUT2D eigenvalue weighted by Crippen LogP contribution is -2.24. The van der Waals surface area contributed by atoms with Crippen molar-refractivity contribution in [2.24, 2.45) is 10.7 Å². The van der Waals surface area contributed by atoms with Crippen molar-refractivity contribution in [3.05, 3.63) is 54.1 Å². The maximum atomic E-state index is 12.4. The molecule has 0 spiro atoms. The topological polar surface area (TPSA) is 62.9 Å². The van der Waals surface area contributed by atoms with Gasteiger partial charge in [-0.05, 0) is 29.8 Å². The van der Waals surface area contributed by atoms with E-state index in [0.29, 0.717) is 6.54 Å². The lowest BCUT2D eigenvalue weighted by atomic mass is 10.2. The van der Waals surface area contributed by atoms with Gasteiger partial charge in [0.05, 0.1) is 12.2 Å². The summed E-state index contributed by atoms with van der Waals surface area (Å²) in [6.45, 7) is 0.294. The zero-order chi connectivity index (χ0) is 18.4. The third-order valence-electron chi connectivity index (χ3n) is 3.23. The number of hydrogen-bond acceptors (Lipinski definition) is 3. The van der Waals surface area contributed by atoms with Crippen LogP contribution in [0.15, 0.2) is 53.5 Å². The molecule has 0 fully saturated rings. The number of para-hydroxylation sites is 2. The fourth-order valence-electron chi connectivity index (χ4n) is 2.07. The molecule has 3 N–H and O–H groups in total. The van der Waals surface area contributed by atoms with Crippen molar-refractivity contribution >= 4 is 17.3 Å². The van der Waals surface area contributed by atoms with Crippen LogP contribution in [0.1, 0.15) is 5.56 Å². The van der Waals surface area contributed by atoms with Gasteiger partial charge in [0.1, 0.15) is 0 Å². The smallest absolute Gasteiger partial charge is 0.404 e. The number of aliphatic imine (C=N–C) groups is 1. The van der Waals surface area contributed by atoms with E-state index < -0.39 is 6.36 Å². The molecule has 25 heavy (non-hydrogen) atoms. The fraction of sp³-hybridized carbons (Fsp3) is 0.235. The van der Waals surface area contributed by atoms with Gasteiger partial charge >= 0.3 is 6.36 Å². The van der Waals surface area contributed by atoms with Crippen LogP contribution >= 0.6 is 0 Å². The second-order valence-electron chi connectivity index (χ2n) is 5.43. The number of alkyl halides is 3. The number of benzene rings is 2. The van der Waals surface area contributed by atoms with Gasteiger partial charge in [-0.1, -0.05) is 24.3 Å². The van der Waals surface area contributed by atoms with E-state index in [4.69, 9.17) is 5.73 Å². The zero-order valence-electron chi connectivity index (χ0n) is 13.8. The Hall–Kier alpha value is -2.90. The molecule has 0 aliphatic carbocycles. The highest BCUT2D eigenvalue weighted by molar-refractivity contribution is 5.93. The van der Waals surface area contributed by atoms with Crippen LogP contribution in [0.25, 0.3) is 0 Å². The van der Waals surface area contributed by atoms with Gasteiger partial charge in [-0.15, -0.1) is 13.2 Å². The molecule has 0 radical (unpaired) electrons. The van der Waals surface area contributed by atoms with Gasteiger partial charge in [0.15, 0.2) is 11.7 Å². The second kappa shape index (κ2) is 7.78. The molecule has 2 rings (SSSR count). The minimum atomic E-state index is -4.78. The van der Waals surface area contributed by atoms with Gasteiger partial charge in [-0.25, -0.2) is 4.99 Å². The number of nitrogens with zero attached hydrogens (tertiary/aromatic N) is 2. The molecular weight excluding hydrogens is 333 g/mol. The summed E-state index contributed by atoms with van der Waals surface area (Å²) in [7, 11) is 3.85. The number of rotatable bonds is 5. The molecule has 134 valence electrons. The Labute approximate surface area is 143 Å². The van der Waals surface area contributed by atoms with Gasteiger partial charge in [-0.3, -0.25) is 0 Å². The summed E-state index contributed by atoms with van der Waals surface area (Å²) < 4.78 is 41.2. The maximum Gasteiger partial charge on any atom is 0.573 e. The van der Waals surface area contributed by atoms with Gasteiger partial charge in [-0.2, -0.15) is 0 Å². The van der Waals surface area contributed by atoms with E-state index >= 15 is 0 Å². The van der Waals surface area contributed by atoms with E-state index in [-0.39, 0.29) is 17.4 Å². The van der Waals surface area contributed by atoms with E-state index in [1.54, 1.807) is 6.07 Å². The number of halogens is 3. The van der Waals surface area contributed by atoms with Crippen molar-refractivity contribution in [3.8, 4) is 5.75 Å². The Morgan fingerprint density at radius 3 is 2.56 bits per heavy atom. The van der Waals surface area contributed by atoms with E-state index in [1.807, 2.05) is 43.3 Å². The fourth-order valence-corrected chi connectivity index (χ4v) is 2.07. The van der Waals surface area contributed by atoms with Crippen molar-refractivity contribution in [2.75, 3.05) is 24.3 Å². The van der Waals surface area contributed by atoms with E-state index in [9.17, 15) is 13.2 Å². The van der Waals surface area contributed by atoms with Crippen LogP contribution in [0.3, 0.4) is 0 Å². The van der Waals surface area contributed by atoms with Crippen LogP contribution in [0, 0.1) is 0 Å². The molecular formula is C17H19F3N4O. The molecule has 0 aliphatic rings. The third-order valence-corrected chi connectivity index (χ3v) is 3.23. The third kappa shape index (κ3) is 5.91. The lowest BCUT2D eigenvalue weighted by Gasteiger charge is -2.14. The predicted octanol–water partition coefficient (Wildman–Crippen LogP) is 3.58. The molecule has 0 bridgehead atoms. The first-order valence-electron chi connectivity index (χ1n) is 7.42. The first-order chi connectivity index (χ1) is 11.7. The van der Waals surface area contributed by atoms with Crippen LogP contribution < -0.4 is 20.7 Å². The predicted molar refractivity (Wildman–Crippen MR) is 92.8 cm³/mol. The average molecular weight is 352 g/mol. The van der Waals surface area contributed by atoms with Gasteiger partial charge < -0.3 is 20.7 Å². The maximum absolute atomic E-state index is 12.4. The van der Waals surface area contributed by atoms with Crippen molar-refractivity contribution in [2.45, 2.75) is 12.9 Å². The average Bonchev–Trinajstić information content (AvgIpc) is 2.54. The zero-order valence-corrected chi connectivity index (χ0v) is 13.8. The number of hydrogen-bond donors (Lipinski definition) is 2. The van der Waals surface area contributed by atoms with Gasteiger partial charge in [0.25, 0.3) is 0 Å². The molecule has 2 aromatic rings. The highest BCUT2D eigenvalue weighted by Crippen LogP contribution is 2.29. The minimum absolute atomic E-state index is 0.00604. The molecule has 0 aromatic heterocycles. The molecule has 0 atom stereocenters. The second-order valence-corrected chi connectivity index (χ2v) is 5.43. The monoisotopic (exact) mass is 352 g/mol. The molecule has 0 saturated carbocycles. The Bertz CT molecular complexity index is 745. The standard InChI is InChI=1S/C17H19F3N4O/c1-24(2)13-7-5-6-12(10-13)11-22-16(21)23-14-8-3-4-9-15(14)25-17(18,19)20/h3-10H,11H2,1-2H3,(H3,21,22,23). The van der Waals surface area contributed by atoms with Crippen LogP contribution in [0.4, 0.5) is 24.5 Å². The minimum Gasteiger partial charge on any atom is -0.404 e. The first-order valence-corrected chi connectivity index (χ1v) is 7.42. The molecule has 8 heteroatoms. The van der Waals surface area contributed by atoms with Crippen LogP contribution in [0.5, 0.6) is 5.75 Å². The molecule has 0 heterocycles. The van der Waals surface area contributed by atoms with Crippen molar-refractivity contribution < 1.29 is 17.9 Å². The first kappa shape index (κ1) is 18.4. The van der Waals surface area contributed by atoms with Crippen LogP contribution in [-0.2, 0) is 6.54 Å². The van der Waals surface area contributed by atoms with Crippen molar-refractivity contribution in [3.63, 3.8) is 0 Å². The van der Waals surface area contributed by atoms with Crippen LogP contribution in [0.2, 0.25) is 0 Å². The Morgan fingerprint density at radius 2 is 1.88 bits per heavy atom. The Kier molecular flexibility index (Phi) is 5.74. The molecule has 0 aliphatic heterocycles. The summed E-state index contributed by atoms with van der Waals surface area (Å²) >= 11 is 0. The Morgan fingerprint density at radius 1 is 1.16 bits per heavy atom. The number of anilines is 2. The quantitative estimate of drug-likeness (QED) is 0.638. The summed E-state index contributed by atoms with van der Waals surface area (Å²) in [5.74, 6) is -0.378. The lowest BCUT2D eigenvalue weighted by molar-refractivity contribution is -0.274. The number of ether oxygens (including phenoxy) is 1. The highest BCUT2D eigenvalue weighted by atomic mass is 19.4. The molecule has 5 nitrogen and oxygen atoms in total. The van der Waals surface area contributed by atoms with E-state index in [1.165, 1.54) is 18.2 Å². The van der Waals surface area contributed by atoms with Crippen molar-refractivity contribution in [1.29, 1.82) is 0 Å². The normalized spacial score (nSPS) is 12.0. The number of guanidine groups is 1. The van der Waals surface area contributed by atoms with Gasteiger partial charge in [0, 0.05) is 19.8 Å². The SMILES string of the molecule is CN(C)c1cccc(CN=C(N)Nc2ccccc2OC(F)(F)F)c1. The summed E-state index contributed by atoms with van der Waals surface area (Å²) in [4.78, 5) is 6.11. The largest absolute Gasteiger partial charge is 0.573 e. The highest BCUT2D eigenvalue weighted by Gasteiger charge is 2.32. The Balaban J connectivity index is 2.08. The summed E-state index contributed by atoms with van der Waals surface area (Å²) in [5.41, 5.74) is 7.81. The summed E-state index contributed by atoms with van der Waals surface area (Å²) in [6, 6.07) is 13.3. The van der Waals surface area contributed by atoms with E-state index in [2.05, 4.69) is 15.0 Å². The van der Waals surface area contributed by atoms with Crippen LogP contribution in [-0.4, -0.2) is 26.4 Å². The van der Waals surface area contributed by atoms with Crippen molar-refractivity contribution in [1.82, 2.24) is 0 Å². The molecule has 0 saturated heterocycles. The molecule has 0 amide bonds.